The molecule has 4 rings (SSSR count). The molecule has 0 aromatic carbocycles. The zero-order valence-electron chi connectivity index (χ0n) is 23.8. The van der Waals surface area contributed by atoms with Crippen molar-refractivity contribution >= 4 is 11.7 Å². The average Bonchev–Trinajstić information content (AvgIpc) is 3.74. The molecule has 0 radical (unpaired) electrons. The van der Waals surface area contributed by atoms with Crippen LogP contribution in [0.1, 0.15) is 58.8 Å². The molecule has 0 aromatic rings. The molecule has 0 amide bonds. The Kier molecular flexibility index (Phi) is 10.7. The van der Waals surface area contributed by atoms with Crippen molar-refractivity contribution in [3.63, 3.8) is 0 Å². The van der Waals surface area contributed by atoms with Gasteiger partial charge in [0.1, 0.15) is 5.84 Å². The van der Waals surface area contributed by atoms with Crippen LogP contribution in [0.25, 0.3) is 0 Å². The maximum atomic E-state index is 15.4. The SMILES string of the molecule is CCC=C(C=CCCNC1=NC[NH2+]C(N(CC2C=CC(C(F)(F)F)=CCC2)C2(C)CC2)C=C1F)CC1=NCN=NN1. The first kappa shape index (κ1) is 30.8. The number of alkyl halides is 3. The van der Waals surface area contributed by atoms with Crippen molar-refractivity contribution < 1.29 is 22.9 Å². The van der Waals surface area contributed by atoms with Crippen molar-refractivity contribution in [3.8, 4) is 0 Å². The molecule has 2 heterocycles. The molecule has 1 saturated carbocycles. The number of allylic oxidation sites excluding steroid dienone is 5. The molecule has 12 heteroatoms. The number of rotatable bonds is 11. The van der Waals surface area contributed by atoms with Crippen LogP contribution in [0.2, 0.25) is 0 Å². The van der Waals surface area contributed by atoms with Crippen LogP contribution in [0.4, 0.5) is 17.6 Å². The van der Waals surface area contributed by atoms with E-state index in [9.17, 15) is 13.2 Å². The van der Waals surface area contributed by atoms with E-state index in [1.54, 1.807) is 12.2 Å². The molecule has 0 spiro atoms. The van der Waals surface area contributed by atoms with Crippen LogP contribution >= 0.6 is 0 Å². The number of halogens is 4. The van der Waals surface area contributed by atoms with E-state index in [2.05, 4.69) is 62.0 Å². The van der Waals surface area contributed by atoms with Crippen LogP contribution in [0.3, 0.4) is 0 Å². The topological polar surface area (TPSA) is 93.4 Å². The van der Waals surface area contributed by atoms with Gasteiger partial charge in [-0.3, -0.25) is 0 Å². The smallest absolute Gasteiger partial charge is 0.367 e. The normalized spacial score (nSPS) is 24.7. The molecule has 8 nitrogen and oxygen atoms in total. The van der Waals surface area contributed by atoms with Gasteiger partial charge in [0.2, 0.25) is 0 Å². The second-order valence-electron chi connectivity index (χ2n) is 11.0. The Hall–Kier alpha value is -3.12. The maximum absolute atomic E-state index is 15.4. The summed E-state index contributed by atoms with van der Waals surface area (Å²) in [7, 11) is 0. The molecule has 2 aliphatic heterocycles. The van der Waals surface area contributed by atoms with E-state index in [4.69, 9.17) is 0 Å². The van der Waals surface area contributed by atoms with Crippen molar-refractivity contribution in [3.05, 3.63) is 59.5 Å². The monoisotopic (exact) mass is 577 g/mol. The summed E-state index contributed by atoms with van der Waals surface area (Å²) in [4.78, 5) is 11.0. The minimum absolute atomic E-state index is 0.0426. The first-order chi connectivity index (χ1) is 19.7. The third kappa shape index (κ3) is 9.19. The molecule has 4 aliphatic rings. The van der Waals surface area contributed by atoms with Gasteiger partial charge in [-0.05, 0) is 56.9 Å². The predicted molar refractivity (Wildman–Crippen MR) is 153 cm³/mol. The summed E-state index contributed by atoms with van der Waals surface area (Å²) in [5, 5.41) is 12.7. The number of nitrogens with zero attached hydrogens (tertiary/aromatic N) is 5. The van der Waals surface area contributed by atoms with Crippen molar-refractivity contribution in [2.45, 2.75) is 76.7 Å². The second-order valence-corrected chi connectivity index (χ2v) is 11.0. The van der Waals surface area contributed by atoms with Gasteiger partial charge in [-0.2, -0.15) is 13.2 Å². The molecular weight excluding hydrogens is 536 g/mol. The van der Waals surface area contributed by atoms with Crippen molar-refractivity contribution in [1.82, 2.24) is 15.6 Å². The number of hydrogen-bond donors (Lipinski definition) is 3. The van der Waals surface area contributed by atoms with Gasteiger partial charge in [0.15, 0.2) is 31.2 Å². The minimum atomic E-state index is -4.34. The van der Waals surface area contributed by atoms with Crippen LogP contribution in [0.5, 0.6) is 0 Å². The molecule has 41 heavy (non-hydrogen) atoms. The van der Waals surface area contributed by atoms with E-state index in [1.165, 1.54) is 12.2 Å². The fraction of sp³-hybridized carbons (Fsp3) is 0.586. The van der Waals surface area contributed by atoms with Crippen molar-refractivity contribution in [2.75, 3.05) is 26.4 Å². The van der Waals surface area contributed by atoms with Crippen molar-refractivity contribution in [2.24, 2.45) is 26.2 Å². The van der Waals surface area contributed by atoms with Gasteiger partial charge in [-0.25, -0.2) is 24.7 Å². The fourth-order valence-electron chi connectivity index (χ4n) is 5.16. The fourth-order valence-corrected chi connectivity index (χ4v) is 5.16. The van der Waals surface area contributed by atoms with E-state index in [1.807, 2.05) is 11.4 Å². The third-order valence-electron chi connectivity index (χ3n) is 7.72. The summed E-state index contributed by atoms with van der Waals surface area (Å²) in [6, 6.07) is 0. The average molecular weight is 578 g/mol. The number of amidine groups is 2. The summed E-state index contributed by atoms with van der Waals surface area (Å²) in [5.41, 5.74) is 3.27. The van der Waals surface area contributed by atoms with Crippen LogP contribution in [-0.4, -0.2) is 60.9 Å². The quantitative estimate of drug-likeness (QED) is 0.183. The van der Waals surface area contributed by atoms with Gasteiger partial charge in [0.05, 0.1) is 5.57 Å². The molecule has 0 bridgehead atoms. The van der Waals surface area contributed by atoms with Gasteiger partial charge in [-0.1, -0.05) is 48.6 Å². The Morgan fingerprint density at radius 1 is 1.29 bits per heavy atom. The highest BCUT2D eigenvalue weighted by Gasteiger charge is 2.48. The highest BCUT2D eigenvalue weighted by Crippen LogP contribution is 2.43. The van der Waals surface area contributed by atoms with Crippen LogP contribution < -0.4 is 16.1 Å². The summed E-state index contributed by atoms with van der Waals surface area (Å²) in [6.45, 7) is 6.01. The highest BCUT2D eigenvalue weighted by atomic mass is 19.4. The predicted octanol–water partition coefficient (Wildman–Crippen LogP) is 5.00. The van der Waals surface area contributed by atoms with Crippen molar-refractivity contribution in [1.29, 1.82) is 0 Å². The number of hydrogen-bond acceptors (Lipinski definition) is 7. The number of aliphatic imine (C=N–C) groups is 2. The molecular formula is C29H41F4N8+. The Morgan fingerprint density at radius 3 is 2.83 bits per heavy atom. The molecule has 2 aliphatic carbocycles. The molecule has 4 N–H and O–H groups in total. The maximum Gasteiger partial charge on any atom is 0.416 e. The Labute approximate surface area is 239 Å². The van der Waals surface area contributed by atoms with E-state index in [0.29, 0.717) is 52.1 Å². The number of quaternary nitrogens is 1. The summed E-state index contributed by atoms with van der Waals surface area (Å²) in [6.07, 6.45) is 12.5. The summed E-state index contributed by atoms with van der Waals surface area (Å²) >= 11 is 0. The van der Waals surface area contributed by atoms with Gasteiger partial charge in [-0.15, -0.1) is 5.11 Å². The van der Waals surface area contributed by atoms with E-state index >= 15 is 4.39 Å². The lowest BCUT2D eigenvalue weighted by Gasteiger charge is -2.35. The Bertz CT molecular complexity index is 1160. The Balaban J connectivity index is 1.32. The summed E-state index contributed by atoms with van der Waals surface area (Å²) in [5.74, 6) is 0.572. The standard InChI is InChI=1S/C29H40F4N8/c1-3-7-21(16-25-35-20-38-40-39-25)8-4-5-15-34-27-24(30)17-26(36-19-37-27)41(28(2)13-14-28)18-22-9-6-10-23(12-11-22)29(31,32)33/h4,7-8,10-12,17,22,26,36H,3,5-6,9,13-16,18-20H2,1-2H3,(H,34,37)(H,35,38,39)/p+1. The first-order valence-electron chi connectivity index (χ1n) is 14.4. The largest absolute Gasteiger partial charge is 0.416 e. The molecule has 2 unspecified atom stereocenters. The molecule has 224 valence electrons. The van der Waals surface area contributed by atoms with E-state index in [0.717, 1.165) is 30.7 Å². The molecule has 1 fully saturated rings. The van der Waals surface area contributed by atoms with Gasteiger partial charge in [0, 0.05) is 31.1 Å². The first-order valence-corrected chi connectivity index (χ1v) is 14.4. The Morgan fingerprint density at radius 2 is 2.12 bits per heavy atom. The van der Waals surface area contributed by atoms with E-state index < -0.39 is 17.6 Å². The number of nitrogens with one attached hydrogen (secondary N) is 2. The third-order valence-corrected chi connectivity index (χ3v) is 7.72. The lowest BCUT2D eigenvalue weighted by atomic mass is 10.0. The second kappa shape index (κ2) is 14.2. The van der Waals surface area contributed by atoms with Gasteiger partial charge >= 0.3 is 6.18 Å². The molecule has 2 atom stereocenters. The zero-order valence-corrected chi connectivity index (χ0v) is 23.8. The van der Waals surface area contributed by atoms with Gasteiger partial charge in [0.25, 0.3) is 0 Å². The lowest BCUT2D eigenvalue weighted by molar-refractivity contribution is -0.698. The van der Waals surface area contributed by atoms with Gasteiger partial charge < -0.3 is 10.6 Å². The van der Waals surface area contributed by atoms with Crippen LogP contribution in [0.15, 0.2) is 79.8 Å². The molecule has 0 aromatic heterocycles. The summed E-state index contributed by atoms with van der Waals surface area (Å²) < 4.78 is 54.9. The minimum Gasteiger partial charge on any atom is -0.367 e. The zero-order chi connectivity index (χ0) is 29.3. The number of nitrogens with two attached hydrogens (primary N) is 1. The van der Waals surface area contributed by atoms with Crippen LogP contribution in [-0.2, 0) is 0 Å². The van der Waals surface area contributed by atoms with Crippen LogP contribution in [0, 0.1) is 5.92 Å². The van der Waals surface area contributed by atoms with E-state index in [-0.39, 0.29) is 23.5 Å². The molecule has 0 saturated heterocycles. The highest BCUT2D eigenvalue weighted by molar-refractivity contribution is 5.96. The lowest BCUT2D eigenvalue weighted by Crippen LogP contribution is -2.93.